The number of hydrogen-bond acceptors (Lipinski definition) is 3. The van der Waals surface area contributed by atoms with E-state index in [1.54, 1.807) is 13.2 Å². The Morgan fingerprint density at radius 1 is 1.12 bits per heavy atom. The first-order chi connectivity index (χ1) is 12.1. The van der Waals surface area contributed by atoms with E-state index in [4.69, 9.17) is 17.0 Å². The predicted molar refractivity (Wildman–Crippen MR) is 106 cm³/mol. The van der Waals surface area contributed by atoms with Crippen LogP contribution in [0, 0.1) is 0 Å². The highest BCUT2D eigenvalue weighted by Gasteiger charge is 2.06. The van der Waals surface area contributed by atoms with Crippen molar-refractivity contribution in [3.63, 3.8) is 0 Å². The van der Waals surface area contributed by atoms with Crippen molar-refractivity contribution in [2.45, 2.75) is 19.3 Å². The molecular weight excluding hydrogens is 332 g/mol. The molecule has 0 atom stereocenters. The van der Waals surface area contributed by atoms with E-state index in [0.29, 0.717) is 5.75 Å². The van der Waals surface area contributed by atoms with Crippen LogP contribution in [-0.4, -0.2) is 42.4 Å². The summed E-state index contributed by atoms with van der Waals surface area (Å²) in [4.78, 5) is 2.07. The van der Waals surface area contributed by atoms with E-state index >= 15 is 0 Å². The number of benzene rings is 2. The molecule has 25 heavy (non-hydrogen) atoms. The van der Waals surface area contributed by atoms with Gasteiger partial charge in [0.25, 0.3) is 0 Å². The molecule has 134 valence electrons. The monoisotopic (exact) mass is 358 g/mol. The summed E-state index contributed by atoms with van der Waals surface area (Å²) in [6.45, 7) is 1.71. The molecule has 0 amide bonds. The number of rotatable bonds is 8. The largest absolute Gasteiger partial charge is 0.504 e. The van der Waals surface area contributed by atoms with E-state index < -0.39 is 0 Å². The number of nitrogens with one attached hydrogen (secondary N) is 1. The molecule has 5 heteroatoms. The zero-order chi connectivity index (χ0) is 18.1. The van der Waals surface area contributed by atoms with Crippen LogP contribution in [0.15, 0.2) is 48.5 Å². The first-order valence-corrected chi connectivity index (χ1v) is 8.89. The lowest BCUT2D eigenvalue weighted by Gasteiger charge is -2.21. The van der Waals surface area contributed by atoms with Gasteiger partial charge < -0.3 is 20.1 Å². The normalized spacial score (nSPS) is 10.3. The van der Waals surface area contributed by atoms with E-state index in [0.717, 1.165) is 43.0 Å². The SMILES string of the molecule is COc1cc(CCCN(C)C(=S)NCCc2ccccc2)ccc1O. The van der Waals surface area contributed by atoms with Crippen LogP contribution in [0.4, 0.5) is 0 Å². The molecule has 0 radical (unpaired) electrons. The van der Waals surface area contributed by atoms with Gasteiger partial charge in [-0.05, 0) is 54.7 Å². The Hall–Kier alpha value is -2.27. The second-order valence-corrected chi connectivity index (χ2v) is 6.39. The van der Waals surface area contributed by atoms with Crippen LogP contribution in [0.3, 0.4) is 0 Å². The lowest BCUT2D eigenvalue weighted by atomic mass is 10.1. The van der Waals surface area contributed by atoms with Crippen LogP contribution >= 0.6 is 12.2 Å². The van der Waals surface area contributed by atoms with Crippen molar-refractivity contribution in [2.75, 3.05) is 27.2 Å². The molecule has 0 saturated carbocycles. The van der Waals surface area contributed by atoms with Gasteiger partial charge in [-0.2, -0.15) is 0 Å². The van der Waals surface area contributed by atoms with E-state index in [1.807, 2.05) is 25.2 Å². The topological polar surface area (TPSA) is 44.7 Å². The Bertz CT molecular complexity index is 677. The van der Waals surface area contributed by atoms with Crippen molar-refractivity contribution >= 4 is 17.3 Å². The lowest BCUT2D eigenvalue weighted by molar-refractivity contribution is 0.373. The Morgan fingerprint density at radius 3 is 2.60 bits per heavy atom. The van der Waals surface area contributed by atoms with Gasteiger partial charge in [0.15, 0.2) is 16.6 Å². The minimum absolute atomic E-state index is 0.173. The number of phenols is 1. The highest BCUT2D eigenvalue weighted by Crippen LogP contribution is 2.26. The third-order valence-electron chi connectivity index (χ3n) is 4.08. The number of nitrogens with zero attached hydrogens (tertiary/aromatic N) is 1. The molecule has 2 aromatic carbocycles. The molecule has 0 aliphatic rings. The highest BCUT2D eigenvalue weighted by atomic mass is 32.1. The Kier molecular flexibility index (Phi) is 7.54. The summed E-state index contributed by atoms with van der Waals surface area (Å²) in [6.07, 6.45) is 2.85. The van der Waals surface area contributed by atoms with Crippen LogP contribution in [-0.2, 0) is 12.8 Å². The predicted octanol–water partition coefficient (Wildman–Crippen LogP) is 3.38. The molecule has 2 N–H and O–H groups in total. The second kappa shape index (κ2) is 9.89. The van der Waals surface area contributed by atoms with Crippen molar-refractivity contribution in [3.05, 3.63) is 59.7 Å². The number of hydrogen-bond donors (Lipinski definition) is 2. The van der Waals surface area contributed by atoms with Gasteiger partial charge in [0.05, 0.1) is 7.11 Å². The Morgan fingerprint density at radius 2 is 1.88 bits per heavy atom. The van der Waals surface area contributed by atoms with Crippen molar-refractivity contribution < 1.29 is 9.84 Å². The van der Waals surface area contributed by atoms with E-state index in [-0.39, 0.29) is 5.75 Å². The first kappa shape index (κ1) is 19.1. The summed E-state index contributed by atoms with van der Waals surface area (Å²) in [7, 11) is 3.57. The van der Waals surface area contributed by atoms with Gasteiger partial charge in [-0.1, -0.05) is 36.4 Å². The molecule has 0 bridgehead atoms. The van der Waals surface area contributed by atoms with Crippen LogP contribution in [0.1, 0.15) is 17.5 Å². The van der Waals surface area contributed by atoms with Gasteiger partial charge in [-0.15, -0.1) is 0 Å². The number of ether oxygens (including phenoxy) is 1. The molecular formula is C20H26N2O2S. The fourth-order valence-electron chi connectivity index (χ4n) is 2.59. The standard InChI is InChI=1S/C20H26N2O2S/c1-22(20(25)21-13-12-16-7-4-3-5-8-16)14-6-9-17-10-11-18(23)19(15-17)24-2/h3-5,7-8,10-11,15,23H,6,9,12-14H2,1-2H3,(H,21,25). The fraction of sp³-hybridized carbons (Fsp3) is 0.350. The zero-order valence-electron chi connectivity index (χ0n) is 14.9. The summed E-state index contributed by atoms with van der Waals surface area (Å²) in [5, 5.41) is 13.7. The zero-order valence-corrected chi connectivity index (χ0v) is 15.7. The van der Waals surface area contributed by atoms with Crippen molar-refractivity contribution in [3.8, 4) is 11.5 Å². The second-order valence-electron chi connectivity index (χ2n) is 6.00. The number of methoxy groups -OCH3 is 1. The number of thiocarbonyl (C=S) groups is 1. The van der Waals surface area contributed by atoms with E-state index in [1.165, 1.54) is 5.56 Å². The molecule has 0 saturated heterocycles. The van der Waals surface area contributed by atoms with Gasteiger partial charge in [-0.25, -0.2) is 0 Å². The summed E-state index contributed by atoms with van der Waals surface area (Å²) >= 11 is 5.44. The summed E-state index contributed by atoms with van der Waals surface area (Å²) < 4.78 is 5.14. The lowest BCUT2D eigenvalue weighted by Crippen LogP contribution is -2.38. The van der Waals surface area contributed by atoms with Gasteiger partial charge >= 0.3 is 0 Å². The maximum atomic E-state index is 9.63. The molecule has 0 heterocycles. The van der Waals surface area contributed by atoms with Crippen LogP contribution in [0.25, 0.3) is 0 Å². The summed E-state index contributed by atoms with van der Waals surface area (Å²) in [5.41, 5.74) is 2.45. The van der Waals surface area contributed by atoms with Gasteiger partial charge in [0, 0.05) is 20.1 Å². The quantitative estimate of drug-likeness (QED) is 0.708. The Labute approximate surface area is 155 Å². The van der Waals surface area contributed by atoms with Crippen LogP contribution < -0.4 is 10.1 Å². The fourth-order valence-corrected chi connectivity index (χ4v) is 2.79. The van der Waals surface area contributed by atoms with Gasteiger partial charge in [0.1, 0.15) is 0 Å². The first-order valence-electron chi connectivity index (χ1n) is 8.49. The van der Waals surface area contributed by atoms with Crippen LogP contribution in [0.2, 0.25) is 0 Å². The van der Waals surface area contributed by atoms with Crippen molar-refractivity contribution in [1.29, 1.82) is 0 Å². The van der Waals surface area contributed by atoms with E-state index in [9.17, 15) is 5.11 Å². The molecule has 2 rings (SSSR count). The van der Waals surface area contributed by atoms with E-state index in [2.05, 4.69) is 34.5 Å². The summed E-state index contributed by atoms with van der Waals surface area (Å²) in [6, 6.07) is 15.9. The van der Waals surface area contributed by atoms with Crippen molar-refractivity contribution in [2.24, 2.45) is 0 Å². The third-order valence-corrected chi connectivity index (χ3v) is 4.54. The van der Waals surface area contributed by atoms with Gasteiger partial charge in [-0.3, -0.25) is 0 Å². The Balaban J connectivity index is 1.68. The molecule has 2 aromatic rings. The highest BCUT2D eigenvalue weighted by molar-refractivity contribution is 7.80. The third kappa shape index (κ3) is 6.27. The maximum Gasteiger partial charge on any atom is 0.168 e. The molecule has 0 aliphatic heterocycles. The molecule has 0 aromatic heterocycles. The molecule has 0 fully saturated rings. The van der Waals surface area contributed by atoms with Crippen molar-refractivity contribution in [1.82, 2.24) is 10.2 Å². The smallest absolute Gasteiger partial charge is 0.168 e. The minimum atomic E-state index is 0.173. The number of aryl methyl sites for hydroxylation is 1. The minimum Gasteiger partial charge on any atom is -0.504 e. The molecule has 0 spiro atoms. The average molecular weight is 359 g/mol. The number of phenolic OH excluding ortho intramolecular Hbond substituents is 1. The maximum absolute atomic E-state index is 9.63. The number of aromatic hydroxyl groups is 1. The molecule has 0 aliphatic carbocycles. The van der Waals surface area contributed by atoms with Crippen LogP contribution in [0.5, 0.6) is 11.5 Å². The summed E-state index contributed by atoms with van der Waals surface area (Å²) in [5.74, 6) is 0.691. The van der Waals surface area contributed by atoms with Gasteiger partial charge in [0.2, 0.25) is 0 Å². The molecule has 4 nitrogen and oxygen atoms in total. The average Bonchev–Trinajstić information content (AvgIpc) is 2.63. The molecule has 0 unspecified atom stereocenters.